The number of fused-ring (bicyclic) bond motifs is 1. The van der Waals surface area contributed by atoms with Gasteiger partial charge in [0.05, 0.1) is 26.3 Å². The smallest absolute Gasteiger partial charge is 0.189 e. The fraction of sp³-hybridized carbons (Fsp3) is 0.278. The standard InChI is InChI=1S/C18H20BrN3O2/c1-23-17-10-13(19)7-6-12(17)11-21-18(20)22-15-8-9-24-16-5-3-2-4-14(15)16/h2-7,10,15H,8-9,11H2,1H3,(H3,20,21,22). The number of nitrogens with zero attached hydrogens (tertiary/aromatic N) is 1. The van der Waals surface area contributed by atoms with E-state index in [1.807, 2.05) is 36.4 Å². The van der Waals surface area contributed by atoms with Crippen molar-refractivity contribution in [2.24, 2.45) is 10.7 Å². The van der Waals surface area contributed by atoms with Crippen molar-refractivity contribution in [2.45, 2.75) is 19.0 Å². The first-order valence-corrected chi connectivity index (χ1v) is 8.57. The minimum Gasteiger partial charge on any atom is -0.496 e. The fourth-order valence-electron chi connectivity index (χ4n) is 2.74. The molecule has 2 aromatic rings. The molecule has 3 rings (SSSR count). The topological polar surface area (TPSA) is 68.9 Å². The Bertz CT molecular complexity index is 749. The molecular formula is C18H20BrN3O2. The summed E-state index contributed by atoms with van der Waals surface area (Å²) < 4.78 is 12.0. The summed E-state index contributed by atoms with van der Waals surface area (Å²) in [5.41, 5.74) is 8.18. The van der Waals surface area contributed by atoms with E-state index in [0.717, 1.165) is 33.5 Å². The van der Waals surface area contributed by atoms with Crippen LogP contribution >= 0.6 is 15.9 Å². The monoisotopic (exact) mass is 389 g/mol. The third-order valence-corrected chi connectivity index (χ3v) is 4.44. The van der Waals surface area contributed by atoms with Gasteiger partial charge in [-0.1, -0.05) is 40.2 Å². The molecule has 0 amide bonds. The van der Waals surface area contributed by atoms with Gasteiger partial charge in [0.2, 0.25) is 0 Å². The minimum absolute atomic E-state index is 0.116. The molecule has 5 nitrogen and oxygen atoms in total. The SMILES string of the molecule is COc1cc(Br)ccc1CN=C(N)NC1CCOc2ccccc21. The molecule has 24 heavy (non-hydrogen) atoms. The summed E-state index contributed by atoms with van der Waals surface area (Å²) in [7, 11) is 1.65. The number of ether oxygens (including phenoxy) is 2. The van der Waals surface area contributed by atoms with E-state index in [1.165, 1.54) is 0 Å². The van der Waals surface area contributed by atoms with Crippen LogP contribution in [0.3, 0.4) is 0 Å². The van der Waals surface area contributed by atoms with Crippen LogP contribution in [0.4, 0.5) is 0 Å². The molecule has 0 radical (unpaired) electrons. The third kappa shape index (κ3) is 3.82. The number of nitrogens with one attached hydrogen (secondary N) is 1. The molecule has 1 unspecified atom stereocenters. The molecule has 126 valence electrons. The number of benzene rings is 2. The van der Waals surface area contributed by atoms with Crippen molar-refractivity contribution >= 4 is 21.9 Å². The van der Waals surface area contributed by atoms with Gasteiger partial charge in [-0.3, -0.25) is 0 Å². The Morgan fingerprint density at radius 2 is 2.21 bits per heavy atom. The zero-order chi connectivity index (χ0) is 16.9. The lowest BCUT2D eigenvalue weighted by Gasteiger charge is -2.26. The van der Waals surface area contributed by atoms with Gasteiger partial charge in [0.1, 0.15) is 11.5 Å². The number of hydrogen-bond acceptors (Lipinski definition) is 3. The minimum atomic E-state index is 0.116. The van der Waals surface area contributed by atoms with Crippen molar-refractivity contribution in [1.82, 2.24) is 5.32 Å². The number of hydrogen-bond donors (Lipinski definition) is 2. The second-order valence-electron chi connectivity index (χ2n) is 5.53. The molecule has 0 saturated carbocycles. The molecule has 1 aliphatic rings. The van der Waals surface area contributed by atoms with Crippen LogP contribution in [-0.4, -0.2) is 19.7 Å². The zero-order valence-corrected chi connectivity index (χ0v) is 15.0. The first-order chi connectivity index (χ1) is 11.7. The predicted octanol–water partition coefficient (Wildman–Crippen LogP) is 3.39. The van der Waals surface area contributed by atoms with Crippen molar-refractivity contribution in [2.75, 3.05) is 13.7 Å². The molecule has 6 heteroatoms. The molecule has 0 bridgehead atoms. The highest BCUT2D eigenvalue weighted by molar-refractivity contribution is 9.10. The molecule has 0 fully saturated rings. The van der Waals surface area contributed by atoms with E-state index < -0.39 is 0 Å². The lowest BCUT2D eigenvalue weighted by Crippen LogP contribution is -2.37. The van der Waals surface area contributed by atoms with E-state index in [2.05, 4.69) is 32.3 Å². The van der Waals surface area contributed by atoms with E-state index in [4.69, 9.17) is 15.2 Å². The van der Waals surface area contributed by atoms with Crippen molar-refractivity contribution in [3.8, 4) is 11.5 Å². The van der Waals surface area contributed by atoms with Crippen LogP contribution in [0.15, 0.2) is 51.9 Å². The van der Waals surface area contributed by atoms with Gasteiger partial charge >= 0.3 is 0 Å². The maximum absolute atomic E-state index is 6.08. The quantitative estimate of drug-likeness (QED) is 0.621. The highest BCUT2D eigenvalue weighted by atomic mass is 79.9. The predicted molar refractivity (Wildman–Crippen MR) is 98.5 cm³/mol. The van der Waals surface area contributed by atoms with Gasteiger partial charge in [0.25, 0.3) is 0 Å². The average Bonchev–Trinajstić information content (AvgIpc) is 2.61. The number of rotatable bonds is 4. The first-order valence-electron chi connectivity index (χ1n) is 7.78. The van der Waals surface area contributed by atoms with E-state index in [0.29, 0.717) is 19.1 Å². The molecule has 2 aromatic carbocycles. The Kier molecular flexibility index (Phi) is 5.25. The summed E-state index contributed by atoms with van der Waals surface area (Å²) in [6.07, 6.45) is 0.856. The van der Waals surface area contributed by atoms with Crippen molar-refractivity contribution in [3.63, 3.8) is 0 Å². The molecule has 0 aliphatic carbocycles. The molecule has 0 saturated heterocycles. The Hall–Kier alpha value is -2.21. The van der Waals surface area contributed by atoms with Crippen LogP contribution in [0.2, 0.25) is 0 Å². The Morgan fingerprint density at radius 1 is 1.38 bits per heavy atom. The van der Waals surface area contributed by atoms with E-state index >= 15 is 0 Å². The van der Waals surface area contributed by atoms with Crippen LogP contribution in [0.5, 0.6) is 11.5 Å². The van der Waals surface area contributed by atoms with E-state index in [9.17, 15) is 0 Å². The van der Waals surface area contributed by atoms with E-state index in [1.54, 1.807) is 7.11 Å². The van der Waals surface area contributed by atoms with Crippen LogP contribution in [0, 0.1) is 0 Å². The molecule has 0 spiro atoms. The first kappa shape index (κ1) is 16.6. The van der Waals surface area contributed by atoms with Crippen LogP contribution < -0.4 is 20.5 Å². The van der Waals surface area contributed by atoms with Crippen LogP contribution in [0.1, 0.15) is 23.6 Å². The molecular weight excluding hydrogens is 370 g/mol. The lowest BCUT2D eigenvalue weighted by atomic mass is 10.0. The molecule has 0 aromatic heterocycles. The number of aliphatic imine (C=N–C) groups is 1. The largest absolute Gasteiger partial charge is 0.496 e. The highest BCUT2D eigenvalue weighted by Crippen LogP contribution is 2.31. The summed E-state index contributed by atoms with van der Waals surface area (Å²) in [5, 5.41) is 3.29. The van der Waals surface area contributed by atoms with Gasteiger partial charge in [0, 0.05) is 22.0 Å². The van der Waals surface area contributed by atoms with Crippen molar-refractivity contribution in [3.05, 3.63) is 58.1 Å². The van der Waals surface area contributed by atoms with E-state index in [-0.39, 0.29) is 6.04 Å². The normalized spacial score (nSPS) is 16.9. The van der Waals surface area contributed by atoms with Gasteiger partial charge in [-0.15, -0.1) is 0 Å². The number of guanidine groups is 1. The number of methoxy groups -OCH3 is 1. The Morgan fingerprint density at radius 3 is 3.04 bits per heavy atom. The van der Waals surface area contributed by atoms with Gasteiger partial charge in [0.15, 0.2) is 5.96 Å². The van der Waals surface area contributed by atoms with Crippen molar-refractivity contribution < 1.29 is 9.47 Å². The second-order valence-corrected chi connectivity index (χ2v) is 6.45. The summed E-state index contributed by atoms with van der Waals surface area (Å²) >= 11 is 3.43. The maximum atomic E-state index is 6.08. The molecule has 3 N–H and O–H groups in total. The zero-order valence-electron chi connectivity index (χ0n) is 13.5. The lowest BCUT2D eigenvalue weighted by molar-refractivity contribution is 0.262. The third-order valence-electron chi connectivity index (χ3n) is 3.95. The summed E-state index contributed by atoms with van der Waals surface area (Å²) in [5.74, 6) is 2.11. The maximum Gasteiger partial charge on any atom is 0.189 e. The van der Waals surface area contributed by atoms with Gasteiger partial charge in [-0.05, 0) is 18.2 Å². The Labute approximate surface area is 150 Å². The highest BCUT2D eigenvalue weighted by Gasteiger charge is 2.21. The van der Waals surface area contributed by atoms with Gasteiger partial charge in [-0.25, -0.2) is 4.99 Å². The summed E-state index contributed by atoms with van der Waals surface area (Å²) in [4.78, 5) is 4.45. The average molecular weight is 390 g/mol. The number of nitrogens with two attached hydrogens (primary N) is 1. The number of para-hydroxylation sites is 1. The van der Waals surface area contributed by atoms with Crippen molar-refractivity contribution in [1.29, 1.82) is 0 Å². The summed E-state index contributed by atoms with van der Waals surface area (Å²) in [6.45, 7) is 1.13. The summed E-state index contributed by atoms with van der Waals surface area (Å²) in [6, 6.07) is 14.0. The molecule has 1 heterocycles. The Balaban J connectivity index is 1.70. The second kappa shape index (κ2) is 7.57. The van der Waals surface area contributed by atoms with Crippen LogP contribution in [-0.2, 0) is 6.54 Å². The molecule has 1 atom stereocenters. The van der Waals surface area contributed by atoms with Crippen LogP contribution in [0.25, 0.3) is 0 Å². The van der Waals surface area contributed by atoms with Gasteiger partial charge in [-0.2, -0.15) is 0 Å². The molecule has 1 aliphatic heterocycles. The van der Waals surface area contributed by atoms with Gasteiger partial charge < -0.3 is 20.5 Å². The number of halogens is 1. The fourth-order valence-corrected chi connectivity index (χ4v) is 3.08.